The van der Waals surface area contributed by atoms with E-state index in [1.165, 1.54) is 12.1 Å². The molecule has 2 rings (SSSR count). The molecule has 0 atom stereocenters. The average molecular weight is 338 g/mol. The lowest BCUT2D eigenvalue weighted by atomic mass is 10.2. The first-order valence-electron chi connectivity index (χ1n) is 6.62. The molecule has 0 aliphatic carbocycles. The summed E-state index contributed by atoms with van der Waals surface area (Å²) in [5.74, 6) is 0.903. The van der Waals surface area contributed by atoms with E-state index in [4.69, 9.17) is 4.74 Å². The Kier molecular flexibility index (Phi) is 5.56. The average Bonchev–Trinajstić information content (AvgIpc) is 2.45. The first-order valence-corrected chi connectivity index (χ1v) is 7.41. The van der Waals surface area contributed by atoms with Crippen LogP contribution in [0.25, 0.3) is 0 Å². The van der Waals surface area contributed by atoms with E-state index in [9.17, 15) is 4.39 Å². The number of benzene rings is 2. The molecule has 0 spiro atoms. The van der Waals surface area contributed by atoms with E-state index in [0.29, 0.717) is 5.75 Å². The highest BCUT2D eigenvalue weighted by atomic mass is 79.9. The van der Waals surface area contributed by atoms with Gasteiger partial charge in [-0.1, -0.05) is 25.1 Å². The number of halogens is 2. The Balaban J connectivity index is 2.18. The number of para-hydroxylation sites is 1. The molecule has 0 heterocycles. The van der Waals surface area contributed by atoms with Crippen molar-refractivity contribution in [2.75, 3.05) is 6.54 Å². The number of hydrogen-bond acceptors (Lipinski definition) is 2. The summed E-state index contributed by atoms with van der Waals surface area (Å²) in [7, 11) is 0. The molecule has 0 aliphatic rings. The predicted octanol–water partition coefficient (Wildman–Crippen LogP) is 4.88. The number of ether oxygens (including phenoxy) is 1. The van der Waals surface area contributed by atoms with Crippen molar-refractivity contribution in [3.8, 4) is 11.5 Å². The Hall–Kier alpha value is -1.39. The van der Waals surface area contributed by atoms with Crippen LogP contribution >= 0.6 is 15.9 Å². The van der Waals surface area contributed by atoms with Crippen LogP contribution < -0.4 is 10.1 Å². The lowest BCUT2D eigenvalue weighted by Crippen LogP contribution is -2.14. The summed E-state index contributed by atoms with van der Waals surface area (Å²) in [6.45, 7) is 3.81. The molecule has 2 aromatic rings. The van der Waals surface area contributed by atoms with Crippen LogP contribution in [0.1, 0.15) is 18.9 Å². The summed E-state index contributed by atoms with van der Waals surface area (Å²) in [6, 6.07) is 12.2. The molecule has 0 aromatic heterocycles. The third kappa shape index (κ3) is 4.05. The van der Waals surface area contributed by atoms with Crippen molar-refractivity contribution in [1.29, 1.82) is 0 Å². The van der Waals surface area contributed by atoms with Crippen molar-refractivity contribution < 1.29 is 9.13 Å². The van der Waals surface area contributed by atoms with E-state index in [-0.39, 0.29) is 5.82 Å². The van der Waals surface area contributed by atoms with E-state index in [1.54, 1.807) is 6.07 Å². The van der Waals surface area contributed by atoms with Gasteiger partial charge < -0.3 is 10.1 Å². The normalized spacial score (nSPS) is 10.6. The minimum atomic E-state index is -0.315. The first-order chi connectivity index (χ1) is 9.70. The summed E-state index contributed by atoms with van der Waals surface area (Å²) in [5, 5.41) is 3.34. The van der Waals surface area contributed by atoms with Gasteiger partial charge in [0.2, 0.25) is 0 Å². The molecule has 4 heteroatoms. The van der Waals surface area contributed by atoms with E-state index >= 15 is 0 Å². The summed E-state index contributed by atoms with van der Waals surface area (Å²) in [6.07, 6.45) is 1.08. The molecule has 0 radical (unpaired) electrons. The molecule has 0 aliphatic heterocycles. The molecule has 2 nitrogen and oxygen atoms in total. The van der Waals surface area contributed by atoms with Crippen molar-refractivity contribution in [2.45, 2.75) is 19.9 Å². The molecule has 0 unspecified atom stereocenters. The van der Waals surface area contributed by atoms with Crippen LogP contribution in [0, 0.1) is 5.82 Å². The fraction of sp³-hybridized carbons (Fsp3) is 0.250. The van der Waals surface area contributed by atoms with Crippen molar-refractivity contribution in [1.82, 2.24) is 5.32 Å². The van der Waals surface area contributed by atoms with Gasteiger partial charge in [-0.05, 0) is 47.1 Å². The molecule has 0 saturated carbocycles. The van der Waals surface area contributed by atoms with Gasteiger partial charge in [0.05, 0.1) is 4.47 Å². The lowest BCUT2D eigenvalue weighted by Gasteiger charge is -2.12. The van der Waals surface area contributed by atoms with Gasteiger partial charge >= 0.3 is 0 Å². The summed E-state index contributed by atoms with van der Waals surface area (Å²) in [4.78, 5) is 0. The molecule has 0 amide bonds. The topological polar surface area (TPSA) is 21.3 Å². The van der Waals surface area contributed by atoms with Gasteiger partial charge in [0.25, 0.3) is 0 Å². The molecule has 20 heavy (non-hydrogen) atoms. The third-order valence-corrected chi connectivity index (χ3v) is 3.48. The van der Waals surface area contributed by atoms with Crippen LogP contribution in [0.5, 0.6) is 11.5 Å². The second-order valence-corrected chi connectivity index (χ2v) is 5.32. The minimum Gasteiger partial charge on any atom is -0.456 e. The Morgan fingerprint density at radius 1 is 1.15 bits per heavy atom. The van der Waals surface area contributed by atoms with E-state index in [0.717, 1.165) is 35.3 Å². The molecule has 1 N–H and O–H groups in total. The summed E-state index contributed by atoms with van der Waals surface area (Å²) >= 11 is 3.37. The van der Waals surface area contributed by atoms with Crippen molar-refractivity contribution >= 4 is 15.9 Å². The largest absolute Gasteiger partial charge is 0.456 e. The minimum absolute atomic E-state index is 0.315. The monoisotopic (exact) mass is 337 g/mol. The highest BCUT2D eigenvalue weighted by molar-refractivity contribution is 9.10. The van der Waals surface area contributed by atoms with Crippen LogP contribution in [0.2, 0.25) is 0 Å². The Morgan fingerprint density at radius 3 is 2.75 bits per heavy atom. The van der Waals surface area contributed by atoms with Crippen LogP contribution in [0.4, 0.5) is 4.39 Å². The second-order valence-electron chi connectivity index (χ2n) is 4.46. The van der Waals surface area contributed by atoms with Crippen LogP contribution in [-0.4, -0.2) is 6.54 Å². The zero-order valence-electron chi connectivity index (χ0n) is 11.3. The van der Waals surface area contributed by atoms with Crippen LogP contribution in [0.3, 0.4) is 0 Å². The van der Waals surface area contributed by atoms with Gasteiger partial charge in [-0.3, -0.25) is 0 Å². The SMILES string of the molecule is CCCNCc1ccccc1Oc1cc(F)ccc1Br. The predicted molar refractivity (Wildman–Crippen MR) is 82.6 cm³/mol. The Morgan fingerprint density at radius 2 is 1.95 bits per heavy atom. The molecular weight excluding hydrogens is 321 g/mol. The smallest absolute Gasteiger partial charge is 0.144 e. The molecular formula is C16H17BrFNO. The first kappa shape index (κ1) is 15.0. The van der Waals surface area contributed by atoms with E-state index in [1.807, 2.05) is 24.3 Å². The molecule has 2 aromatic carbocycles. The van der Waals surface area contributed by atoms with Crippen LogP contribution in [0.15, 0.2) is 46.9 Å². The second kappa shape index (κ2) is 7.41. The maximum Gasteiger partial charge on any atom is 0.144 e. The zero-order valence-corrected chi connectivity index (χ0v) is 12.9. The van der Waals surface area contributed by atoms with Crippen molar-refractivity contribution in [3.63, 3.8) is 0 Å². The van der Waals surface area contributed by atoms with Crippen molar-refractivity contribution in [2.24, 2.45) is 0 Å². The Bertz CT molecular complexity index is 574. The van der Waals surface area contributed by atoms with Gasteiger partial charge in [-0.25, -0.2) is 4.39 Å². The number of rotatable bonds is 6. The Labute approximate surface area is 127 Å². The molecule has 0 bridgehead atoms. The standard InChI is InChI=1S/C16H17BrFNO/c1-2-9-19-11-12-5-3-4-6-15(12)20-16-10-13(18)7-8-14(16)17/h3-8,10,19H,2,9,11H2,1H3. The highest BCUT2D eigenvalue weighted by Crippen LogP contribution is 2.32. The molecule has 106 valence electrons. The zero-order chi connectivity index (χ0) is 14.4. The van der Waals surface area contributed by atoms with Gasteiger partial charge in [-0.2, -0.15) is 0 Å². The van der Waals surface area contributed by atoms with Gasteiger partial charge in [0.1, 0.15) is 17.3 Å². The van der Waals surface area contributed by atoms with Crippen molar-refractivity contribution in [3.05, 3.63) is 58.3 Å². The maximum atomic E-state index is 13.3. The number of nitrogens with one attached hydrogen (secondary N) is 1. The molecule has 0 fully saturated rings. The fourth-order valence-corrected chi connectivity index (χ4v) is 2.15. The summed E-state index contributed by atoms with van der Waals surface area (Å²) in [5.41, 5.74) is 1.05. The third-order valence-electron chi connectivity index (χ3n) is 2.83. The summed E-state index contributed by atoms with van der Waals surface area (Å²) < 4.78 is 19.8. The van der Waals surface area contributed by atoms with Gasteiger partial charge in [0, 0.05) is 18.2 Å². The molecule has 0 saturated heterocycles. The van der Waals surface area contributed by atoms with Gasteiger partial charge in [-0.15, -0.1) is 0 Å². The van der Waals surface area contributed by atoms with Crippen LogP contribution in [-0.2, 0) is 6.54 Å². The highest BCUT2D eigenvalue weighted by Gasteiger charge is 2.08. The van der Waals surface area contributed by atoms with Gasteiger partial charge in [0.15, 0.2) is 0 Å². The lowest BCUT2D eigenvalue weighted by molar-refractivity contribution is 0.464. The number of hydrogen-bond donors (Lipinski definition) is 1. The van der Waals surface area contributed by atoms with E-state index < -0.39 is 0 Å². The quantitative estimate of drug-likeness (QED) is 0.758. The van der Waals surface area contributed by atoms with E-state index in [2.05, 4.69) is 28.2 Å². The maximum absolute atomic E-state index is 13.3. The fourth-order valence-electron chi connectivity index (χ4n) is 1.82.